The van der Waals surface area contributed by atoms with Crippen LogP contribution in [0.3, 0.4) is 0 Å². The number of aromatic nitrogens is 2. The van der Waals surface area contributed by atoms with Crippen LogP contribution >= 0.6 is 12.2 Å². The van der Waals surface area contributed by atoms with E-state index in [1.165, 1.54) is 0 Å². The number of carbonyl (C=O) groups excluding carboxylic acids is 1. The molecule has 2 heterocycles. The van der Waals surface area contributed by atoms with Crippen molar-refractivity contribution in [2.24, 2.45) is 12.9 Å². The van der Waals surface area contributed by atoms with Crippen LogP contribution in [-0.4, -0.2) is 38.9 Å². The Balaban J connectivity index is 2.31. The van der Waals surface area contributed by atoms with Gasteiger partial charge in [-0.05, 0) is 19.1 Å². The number of fused-ring (bicyclic) bond motifs is 1. The molecule has 0 aliphatic carbocycles. The number of esters is 1. The Kier molecular flexibility index (Phi) is 4.01. The van der Waals surface area contributed by atoms with Crippen molar-refractivity contribution in [1.29, 1.82) is 0 Å². The quantitative estimate of drug-likeness (QED) is 0.334. The highest BCUT2D eigenvalue weighted by molar-refractivity contribution is 7.80. The summed E-state index contributed by atoms with van der Waals surface area (Å²) < 4.78 is 6.64. The van der Waals surface area contributed by atoms with Crippen molar-refractivity contribution in [1.82, 2.24) is 20.1 Å². The highest BCUT2D eigenvalue weighted by Gasteiger charge is 2.28. The SMILES string of the molecule is CCOC(=O)c1c2c(nn1C)CCN(C(=S)NN)C2. The van der Waals surface area contributed by atoms with E-state index < -0.39 is 0 Å². The highest BCUT2D eigenvalue weighted by atomic mass is 32.1. The van der Waals surface area contributed by atoms with Gasteiger partial charge in [0.1, 0.15) is 0 Å². The Bertz CT molecular complexity index is 513. The zero-order chi connectivity index (χ0) is 14.0. The second-order valence-electron chi connectivity index (χ2n) is 4.24. The lowest BCUT2D eigenvalue weighted by molar-refractivity contribution is 0.0511. The van der Waals surface area contributed by atoms with E-state index in [0.717, 1.165) is 24.2 Å². The molecule has 0 radical (unpaired) electrons. The number of nitrogens with two attached hydrogens (primary N) is 1. The van der Waals surface area contributed by atoms with Crippen molar-refractivity contribution in [2.45, 2.75) is 19.9 Å². The Morgan fingerprint density at radius 1 is 1.63 bits per heavy atom. The fourth-order valence-corrected chi connectivity index (χ4v) is 2.38. The maximum atomic E-state index is 12.0. The van der Waals surface area contributed by atoms with Gasteiger partial charge in [-0.15, -0.1) is 0 Å². The Hall–Kier alpha value is -1.67. The molecular formula is C11H17N5O2S. The summed E-state index contributed by atoms with van der Waals surface area (Å²) in [5.41, 5.74) is 4.73. The van der Waals surface area contributed by atoms with Crippen LogP contribution in [0.1, 0.15) is 28.7 Å². The van der Waals surface area contributed by atoms with Gasteiger partial charge >= 0.3 is 5.97 Å². The van der Waals surface area contributed by atoms with Crippen LogP contribution in [0.5, 0.6) is 0 Å². The molecule has 1 aromatic heterocycles. The predicted molar refractivity (Wildman–Crippen MR) is 73.2 cm³/mol. The zero-order valence-electron chi connectivity index (χ0n) is 11.0. The van der Waals surface area contributed by atoms with E-state index in [2.05, 4.69) is 10.5 Å². The number of rotatable bonds is 2. The smallest absolute Gasteiger partial charge is 0.356 e. The molecule has 7 nitrogen and oxygen atoms in total. The normalized spacial score (nSPS) is 13.9. The monoisotopic (exact) mass is 283 g/mol. The number of hydrazine groups is 1. The van der Waals surface area contributed by atoms with Gasteiger partial charge in [-0.1, -0.05) is 0 Å². The van der Waals surface area contributed by atoms with Crippen LogP contribution in [0.2, 0.25) is 0 Å². The van der Waals surface area contributed by atoms with Crippen molar-refractivity contribution in [3.8, 4) is 0 Å². The second kappa shape index (κ2) is 5.54. The summed E-state index contributed by atoms with van der Waals surface area (Å²) in [4.78, 5) is 13.9. The minimum atomic E-state index is -0.354. The summed E-state index contributed by atoms with van der Waals surface area (Å²) in [5, 5.41) is 4.83. The molecule has 0 amide bonds. The van der Waals surface area contributed by atoms with Gasteiger partial charge < -0.3 is 15.1 Å². The Morgan fingerprint density at radius 3 is 3.00 bits per heavy atom. The van der Waals surface area contributed by atoms with Crippen molar-refractivity contribution in [3.63, 3.8) is 0 Å². The minimum Gasteiger partial charge on any atom is -0.461 e. The molecule has 8 heteroatoms. The van der Waals surface area contributed by atoms with E-state index in [1.807, 2.05) is 4.90 Å². The molecule has 1 aromatic rings. The van der Waals surface area contributed by atoms with Crippen molar-refractivity contribution < 1.29 is 9.53 Å². The van der Waals surface area contributed by atoms with E-state index in [1.54, 1.807) is 18.7 Å². The fourth-order valence-electron chi connectivity index (χ4n) is 2.22. The number of carbonyl (C=O) groups is 1. The highest BCUT2D eigenvalue weighted by Crippen LogP contribution is 2.22. The van der Waals surface area contributed by atoms with Crippen LogP contribution in [0.4, 0.5) is 0 Å². The molecule has 0 bridgehead atoms. The first-order valence-corrected chi connectivity index (χ1v) is 6.46. The number of hydrogen-bond donors (Lipinski definition) is 2. The van der Waals surface area contributed by atoms with Gasteiger partial charge in [-0.2, -0.15) is 5.10 Å². The van der Waals surface area contributed by atoms with E-state index in [-0.39, 0.29) is 5.97 Å². The van der Waals surface area contributed by atoms with Crippen molar-refractivity contribution in [3.05, 3.63) is 17.0 Å². The average molecular weight is 283 g/mol. The van der Waals surface area contributed by atoms with E-state index in [0.29, 0.717) is 24.0 Å². The van der Waals surface area contributed by atoms with Crippen molar-refractivity contribution >= 4 is 23.3 Å². The average Bonchev–Trinajstić information content (AvgIpc) is 2.72. The number of nitrogens with zero attached hydrogens (tertiary/aromatic N) is 3. The van der Waals surface area contributed by atoms with E-state index >= 15 is 0 Å². The largest absolute Gasteiger partial charge is 0.461 e. The first-order valence-electron chi connectivity index (χ1n) is 6.05. The minimum absolute atomic E-state index is 0.339. The first kappa shape index (κ1) is 13.8. The molecule has 2 rings (SSSR count). The van der Waals surface area contributed by atoms with Crippen molar-refractivity contribution in [2.75, 3.05) is 13.2 Å². The molecule has 0 atom stereocenters. The van der Waals surface area contributed by atoms with Crippen LogP contribution in [0.25, 0.3) is 0 Å². The van der Waals surface area contributed by atoms with Gasteiger partial charge in [0.2, 0.25) is 0 Å². The van der Waals surface area contributed by atoms with Crippen LogP contribution in [0.15, 0.2) is 0 Å². The first-order chi connectivity index (χ1) is 9.08. The fraction of sp³-hybridized carbons (Fsp3) is 0.545. The lowest BCUT2D eigenvalue weighted by atomic mass is 10.1. The lowest BCUT2D eigenvalue weighted by Gasteiger charge is -2.28. The Morgan fingerprint density at radius 2 is 2.37 bits per heavy atom. The molecule has 1 aliphatic heterocycles. The molecule has 3 N–H and O–H groups in total. The molecule has 1 aliphatic rings. The molecule has 0 saturated carbocycles. The summed E-state index contributed by atoms with van der Waals surface area (Å²) in [6, 6.07) is 0. The Labute approximate surface area is 116 Å². The molecule has 0 aromatic carbocycles. The lowest BCUT2D eigenvalue weighted by Crippen LogP contribution is -2.45. The molecular weight excluding hydrogens is 266 g/mol. The third kappa shape index (κ3) is 2.54. The molecule has 104 valence electrons. The molecule has 0 unspecified atom stereocenters. The zero-order valence-corrected chi connectivity index (χ0v) is 11.8. The van der Waals surface area contributed by atoms with E-state index in [4.69, 9.17) is 22.8 Å². The standard InChI is InChI=1S/C11H17N5O2S/c1-3-18-10(17)9-7-6-16(11(19)13-12)5-4-8(7)14-15(9)2/h3-6,12H2,1-2H3,(H,13,19). The summed E-state index contributed by atoms with van der Waals surface area (Å²) in [6.45, 7) is 3.36. The summed E-state index contributed by atoms with van der Waals surface area (Å²) in [5.74, 6) is 4.97. The van der Waals surface area contributed by atoms with E-state index in [9.17, 15) is 4.79 Å². The topological polar surface area (TPSA) is 85.4 Å². The molecule has 19 heavy (non-hydrogen) atoms. The van der Waals surface area contributed by atoms with Gasteiger partial charge in [0.15, 0.2) is 10.8 Å². The van der Waals surface area contributed by atoms with Crippen LogP contribution in [-0.2, 0) is 24.8 Å². The second-order valence-corrected chi connectivity index (χ2v) is 4.63. The summed E-state index contributed by atoms with van der Waals surface area (Å²) >= 11 is 5.12. The maximum Gasteiger partial charge on any atom is 0.356 e. The third-order valence-corrected chi connectivity index (χ3v) is 3.45. The molecule has 0 saturated heterocycles. The van der Waals surface area contributed by atoms with Gasteiger partial charge in [-0.3, -0.25) is 4.68 Å². The third-order valence-electron chi connectivity index (χ3n) is 3.08. The van der Waals surface area contributed by atoms with Gasteiger partial charge in [0.05, 0.1) is 12.3 Å². The number of nitrogens with one attached hydrogen (secondary N) is 1. The number of thiocarbonyl (C=S) groups is 1. The number of ether oxygens (including phenoxy) is 1. The number of aryl methyl sites for hydroxylation is 1. The van der Waals surface area contributed by atoms with Crippen LogP contribution in [0, 0.1) is 0 Å². The number of hydrogen-bond acceptors (Lipinski definition) is 5. The van der Waals surface area contributed by atoms with Gasteiger partial charge in [0.25, 0.3) is 0 Å². The molecule has 0 fully saturated rings. The summed E-state index contributed by atoms with van der Waals surface area (Å²) in [6.07, 6.45) is 0.727. The van der Waals surface area contributed by atoms with Gasteiger partial charge in [-0.25, -0.2) is 10.6 Å². The summed E-state index contributed by atoms with van der Waals surface area (Å²) in [7, 11) is 1.74. The van der Waals surface area contributed by atoms with Crippen LogP contribution < -0.4 is 11.3 Å². The maximum absolute atomic E-state index is 12.0. The predicted octanol–water partition coefficient (Wildman–Crippen LogP) is -0.297. The molecule has 0 spiro atoms. The van der Waals surface area contributed by atoms with Gasteiger partial charge in [0, 0.05) is 32.1 Å².